The number of carbonyl (C=O) groups is 2. The molecule has 18 heavy (non-hydrogen) atoms. The fourth-order valence-corrected chi connectivity index (χ4v) is 2.64. The molecule has 94 valence electrons. The van der Waals surface area contributed by atoms with E-state index in [2.05, 4.69) is 5.32 Å². The standard InChI is InChI=1S/C13H14N2O3/c16-12-9-5-4-8(13(17)18)7-10(9)14-11-3-1-2-6-15(11)12/h4-5,7,11,14H,1-3,6H2,(H,17,18)/t11-/m0/s1. The summed E-state index contributed by atoms with van der Waals surface area (Å²) in [6.45, 7) is 0.774. The van der Waals surface area contributed by atoms with E-state index in [4.69, 9.17) is 5.11 Å². The third-order valence-corrected chi connectivity index (χ3v) is 3.58. The average molecular weight is 246 g/mol. The van der Waals surface area contributed by atoms with Gasteiger partial charge in [0.1, 0.15) is 6.17 Å². The first-order valence-electron chi connectivity index (χ1n) is 6.11. The molecule has 1 atom stereocenters. The molecule has 3 rings (SSSR count). The lowest BCUT2D eigenvalue weighted by atomic mass is 9.99. The molecule has 2 N–H and O–H groups in total. The molecule has 0 aromatic heterocycles. The van der Waals surface area contributed by atoms with Gasteiger partial charge >= 0.3 is 5.97 Å². The Balaban J connectivity index is 2.01. The summed E-state index contributed by atoms with van der Waals surface area (Å²) in [5.41, 5.74) is 1.42. The molecular formula is C13H14N2O3. The summed E-state index contributed by atoms with van der Waals surface area (Å²) in [4.78, 5) is 25.0. The van der Waals surface area contributed by atoms with Gasteiger partial charge in [0.05, 0.1) is 11.1 Å². The Kier molecular flexibility index (Phi) is 2.47. The van der Waals surface area contributed by atoms with Crippen LogP contribution in [-0.4, -0.2) is 34.6 Å². The largest absolute Gasteiger partial charge is 0.478 e. The molecule has 0 radical (unpaired) electrons. The first-order chi connectivity index (χ1) is 8.66. The second-order valence-electron chi connectivity index (χ2n) is 4.72. The molecule has 2 aliphatic rings. The smallest absolute Gasteiger partial charge is 0.335 e. The van der Waals surface area contributed by atoms with Gasteiger partial charge in [0, 0.05) is 12.2 Å². The van der Waals surface area contributed by atoms with Crippen molar-refractivity contribution in [2.24, 2.45) is 0 Å². The summed E-state index contributed by atoms with van der Waals surface area (Å²) in [6, 6.07) is 4.62. The van der Waals surface area contributed by atoms with Gasteiger partial charge < -0.3 is 15.3 Å². The van der Waals surface area contributed by atoms with Crippen LogP contribution >= 0.6 is 0 Å². The van der Waals surface area contributed by atoms with Gasteiger partial charge in [0.15, 0.2) is 0 Å². The Labute approximate surface area is 104 Å². The van der Waals surface area contributed by atoms with Crippen LogP contribution in [0.4, 0.5) is 5.69 Å². The van der Waals surface area contributed by atoms with E-state index in [-0.39, 0.29) is 17.6 Å². The highest BCUT2D eigenvalue weighted by Crippen LogP contribution is 2.30. The number of carbonyl (C=O) groups excluding carboxylic acids is 1. The molecule has 1 aromatic rings. The number of hydrogen-bond donors (Lipinski definition) is 2. The van der Waals surface area contributed by atoms with Crippen LogP contribution in [0.3, 0.4) is 0 Å². The van der Waals surface area contributed by atoms with Crippen molar-refractivity contribution in [3.8, 4) is 0 Å². The van der Waals surface area contributed by atoms with Gasteiger partial charge in [-0.05, 0) is 37.5 Å². The van der Waals surface area contributed by atoms with E-state index in [0.717, 1.165) is 25.8 Å². The van der Waals surface area contributed by atoms with Crippen molar-refractivity contribution in [1.82, 2.24) is 4.90 Å². The number of fused-ring (bicyclic) bond motifs is 2. The number of carboxylic acids is 1. The number of nitrogens with one attached hydrogen (secondary N) is 1. The number of nitrogens with zero attached hydrogens (tertiary/aromatic N) is 1. The van der Waals surface area contributed by atoms with Crippen LogP contribution in [0.15, 0.2) is 18.2 Å². The van der Waals surface area contributed by atoms with Crippen molar-refractivity contribution >= 4 is 17.6 Å². The quantitative estimate of drug-likeness (QED) is 0.792. The molecule has 0 aliphatic carbocycles. The fraction of sp³-hybridized carbons (Fsp3) is 0.385. The van der Waals surface area contributed by atoms with Crippen molar-refractivity contribution in [2.45, 2.75) is 25.4 Å². The van der Waals surface area contributed by atoms with Crippen molar-refractivity contribution in [3.05, 3.63) is 29.3 Å². The van der Waals surface area contributed by atoms with Crippen LogP contribution in [-0.2, 0) is 0 Å². The highest BCUT2D eigenvalue weighted by molar-refractivity contribution is 6.03. The molecular weight excluding hydrogens is 232 g/mol. The van der Waals surface area contributed by atoms with E-state index in [0.29, 0.717) is 11.3 Å². The lowest BCUT2D eigenvalue weighted by Crippen LogP contribution is -2.51. The Morgan fingerprint density at radius 2 is 2.22 bits per heavy atom. The second kappa shape index (κ2) is 4.01. The molecule has 1 amide bonds. The maximum Gasteiger partial charge on any atom is 0.335 e. The topological polar surface area (TPSA) is 69.6 Å². The van der Waals surface area contributed by atoms with Gasteiger partial charge in [-0.1, -0.05) is 0 Å². The molecule has 1 fully saturated rings. The molecule has 0 unspecified atom stereocenters. The van der Waals surface area contributed by atoms with Gasteiger partial charge in [-0.3, -0.25) is 4.79 Å². The number of anilines is 1. The highest BCUT2D eigenvalue weighted by atomic mass is 16.4. The maximum absolute atomic E-state index is 12.3. The fourth-order valence-electron chi connectivity index (χ4n) is 2.64. The molecule has 2 heterocycles. The lowest BCUT2D eigenvalue weighted by molar-refractivity contribution is 0.0624. The van der Waals surface area contributed by atoms with Crippen LogP contribution in [0.1, 0.15) is 40.0 Å². The first-order valence-corrected chi connectivity index (χ1v) is 6.11. The number of piperidine rings is 1. The van der Waals surface area contributed by atoms with Crippen LogP contribution < -0.4 is 5.32 Å². The number of carboxylic acid groups (broad SMARTS) is 1. The van der Waals surface area contributed by atoms with Crippen molar-refractivity contribution in [3.63, 3.8) is 0 Å². The van der Waals surface area contributed by atoms with E-state index in [1.54, 1.807) is 12.1 Å². The summed E-state index contributed by atoms with van der Waals surface area (Å²) in [7, 11) is 0. The second-order valence-corrected chi connectivity index (χ2v) is 4.72. The van der Waals surface area contributed by atoms with Crippen molar-refractivity contribution < 1.29 is 14.7 Å². The summed E-state index contributed by atoms with van der Waals surface area (Å²) >= 11 is 0. The van der Waals surface area contributed by atoms with Gasteiger partial charge in [-0.15, -0.1) is 0 Å². The van der Waals surface area contributed by atoms with E-state index < -0.39 is 5.97 Å². The van der Waals surface area contributed by atoms with Crippen LogP contribution in [0, 0.1) is 0 Å². The Morgan fingerprint density at radius 1 is 1.39 bits per heavy atom. The molecule has 5 heteroatoms. The minimum absolute atomic E-state index is 0.00499. The number of benzene rings is 1. The summed E-state index contributed by atoms with van der Waals surface area (Å²) in [5.74, 6) is -0.969. The van der Waals surface area contributed by atoms with Crippen molar-refractivity contribution in [2.75, 3.05) is 11.9 Å². The highest BCUT2D eigenvalue weighted by Gasteiger charge is 2.33. The summed E-state index contributed by atoms with van der Waals surface area (Å²) in [5, 5.41) is 12.2. The van der Waals surface area contributed by atoms with Gasteiger partial charge in [0.2, 0.25) is 0 Å². The summed E-state index contributed by atoms with van der Waals surface area (Å²) < 4.78 is 0. The Morgan fingerprint density at radius 3 is 3.00 bits per heavy atom. The minimum atomic E-state index is -0.974. The monoisotopic (exact) mass is 246 g/mol. The van der Waals surface area contributed by atoms with E-state index in [1.165, 1.54) is 6.07 Å². The number of rotatable bonds is 1. The van der Waals surface area contributed by atoms with E-state index in [1.807, 2.05) is 4.90 Å². The van der Waals surface area contributed by atoms with Crippen molar-refractivity contribution in [1.29, 1.82) is 0 Å². The number of hydrogen-bond acceptors (Lipinski definition) is 3. The predicted molar refractivity (Wildman–Crippen MR) is 65.7 cm³/mol. The van der Waals surface area contributed by atoms with Gasteiger partial charge in [-0.25, -0.2) is 4.79 Å². The molecule has 2 aliphatic heterocycles. The predicted octanol–water partition coefficient (Wildman–Crippen LogP) is 1.76. The zero-order valence-electron chi connectivity index (χ0n) is 9.85. The Bertz CT molecular complexity index is 527. The first kappa shape index (κ1) is 11.1. The normalized spacial score (nSPS) is 21.9. The zero-order chi connectivity index (χ0) is 12.7. The van der Waals surface area contributed by atoms with E-state index >= 15 is 0 Å². The van der Waals surface area contributed by atoms with Crippen LogP contribution in [0.5, 0.6) is 0 Å². The van der Waals surface area contributed by atoms with Gasteiger partial charge in [0.25, 0.3) is 5.91 Å². The molecule has 0 saturated carbocycles. The zero-order valence-corrected chi connectivity index (χ0v) is 9.85. The number of amides is 1. The van der Waals surface area contributed by atoms with Crippen LogP contribution in [0.2, 0.25) is 0 Å². The molecule has 1 aromatic carbocycles. The molecule has 0 spiro atoms. The molecule has 5 nitrogen and oxygen atoms in total. The maximum atomic E-state index is 12.3. The Hall–Kier alpha value is -2.04. The van der Waals surface area contributed by atoms with E-state index in [9.17, 15) is 9.59 Å². The van der Waals surface area contributed by atoms with Gasteiger partial charge in [-0.2, -0.15) is 0 Å². The minimum Gasteiger partial charge on any atom is -0.478 e. The molecule has 1 saturated heterocycles. The average Bonchev–Trinajstić information content (AvgIpc) is 2.38. The lowest BCUT2D eigenvalue weighted by Gasteiger charge is -2.40. The molecule has 0 bridgehead atoms. The van der Waals surface area contributed by atoms with Crippen LogP contribution in [0.25, 0.3) is 0 Å². The SMILES string of the molecule is O=C(O)c1ccc2c(c1)N[C@@H]1CCCCN1C2=O. The summed E-state index contributed by atoms with van der Waals surface area (Å²) in [6.07, 6.45) is 3.06. The third kappa shape index (κ3) is 1.63. The third-order valence-electron chi connectivity index (χ3n) is 3.58. The number of aromatic carboxylic acids is 1.